The number of rotatable bonds is 4. The predicted octanol–water partition coefficient (Wildman–Crippen LogP) is 1.66. The van der Waals surface area contributed by atoms with Crippen molar-refractivity contribution in [1.82, 2.24) is 0 Å². The van der Waals surface area contributed by atoms with Gasteiger partial charge in [0.2, 0.25) is 5.91 Å². The summed E-state index contributed by atoms with van der Waals surface area (Å²) in [7, 11) is 1.56. The summed E-state index contributed by atoms with van der Waals surface area (Å²) < 4.78 is 5.08. The summed E-state index contributed by atoms with van der Waals surface area (Å²) in [5.74, 6) is -2.04. The molecule has 1 aromatic carbocycles. The van der Waals surface area contributed by atoms with Crippen LogP contribution in [-0.2, 0) is 9.59 Å². The number of nitrogens with one attached hydrogen (secondary N) is 1. The highest BCUT2D eigenvalue weighted by molar-refractivity contribution is 6.03. The van der Waals surface area contributed by atoms with Gasteiger partial charge in [0.15, 0.2) is 0 Å². The summed E-state index contributed by atoms with van der Waals surface area (Å²) in [6.07, 6.45) is 0. The molecule has 17 heavy (non-hydrogen) atoms. The Morgan fingerprint density at radius 1 is 1.41 bits per heavy atom. The summed E-state index contributed by atoms with van der Waals surface area (Å²) in [5.41, 5.74) is 1.43. The van der Waals surface area contributed by atoms with Crippen LogP contribution in [-0.4, -0.2) is 24.1 Å². The van der Waals surface area contributed by atoms with Gasteiger partial charge in [-0.25, -0.2) is 0 Å². The SMILES string of the molecule is COc1ccc(NC(=O)C(C)C(=O)O)cc1C. The van der Waals surface area contributed by atoms with Crippen molar-refractivity contribution in [3.63, 3.8) is 0 Å². The van der Waals surface area contributed by atoms with Gasteiger partial charge in [-0.15, -0.1) is 0 Å². The fraction of sp³-hybridized carbons (Fsp3) is 0.333. The van der Waals surface area contributed by atoms with Gasteiger partial charge in [0, 0.05) is 5.69 Å². The van der Waals surface area contributed by atoms with E-state index in [0.29, 0.717) is 11.4 Å². The van der Waals surface area contributed by atoms with Crippen molar-refractivity contribution in [1.29, 1.82) is 0 Å². The summed E-state index contributed by atoms with van der Waals surface area (Å²) in [5, 5.41) is 11.2. The summed E-state index contributed by atoms with van der Waals surface area (Å²) >= 11 is 0. The van der Waals surface area contributed by atoms with Gasteiger partial charge in [-0.3, -0.25) is 9.59 Å². The van der Waals surface area contributed by atoms with Crippen molar-refractivity contribution in [3.8, 4) is 5.75 Å². The van der Waals surface area contributed by atoms with Gasteiger partial charge in [-0.1, -0.05) is 0 Å². The number of ether oxygens (including phenoxy) is 1. The maximum absolute atomic E-state index is 11.5. The van der Waals surface area contributed by atoms with Crippen LogP contribution in [0.1, 0.15) is 12.5 Å². The molecule has 0 fully saturated rings. The molecule has 0 aliphatic carbocycles. The maximum atomic E-state index is 11.5. The second-order valence-electron chi connectivity index (χ2n) is 3.73. The van der Waals surface area contributed by atoms with Crippen molar-refractivity contribution in [3.05, 3.63) is 23.8 Å². The molecule has 1 atom stereocenters. The maximum Gasteiger partial charge on any atom is 0.315 e. The molecule has 2 N–H and O–H groups in total. The average Bonchev–Trinajstić information content (AvgIpc) is 2.28. The number of amides is 1. The van der Waals surface area contributed by atoms with Crippen LogP contribution < -0.4 is 10.1 Å². The van der Waals surface area contributed by atoms with Gasteiger partial charge < -0.3 is 15.2 Å². The van der Waals surface area contributed by atoms with Crippen molar-refractivity contribution < 1.29 is 19.4 Å². The van der Waals surface area contributed by atoms with Gasteiger partial charge in [0.05, 0.1) is 7.11 Å². The van der Waals surface area contributed by atoms with Crippen molar-refractivity contribution in [2.45, 2.75) is 13.8 Å². The molecule has 0 aromatic heterocycles. The highest BCUT2D eigenvalue weighted by atomic mass is 16.5. The monoisotopic (exact) mass is 237 g/mol. The van der Waals surface area contributed by atoms with Crippen molar-refractivity contribution in [2.75, 3.05) is 12.4 Å². The number of aryl methyl sites for hydroxylation is 1. The molecule has 92 valence electrons. The number of hydrogen-bond acceptors (Lipinski definition) is 3. The number of hydrogen-bond donors (Lipinski definition) is 2. The van der Waals surface area contributed by atoms with E-state index in [1.807, 2.05) is 6.92 Å². The van der Waals surface area contributed by atoms with Crippen LogP contribution in [0.3, 0.4) is 0 Å². The van der Waals surface area contributed by atoms with Crippen LogP contribution in [0.15, 0.2) is 18.2 Å². The van der Waals surface area contributed by atoms with E-state index < -0.39 is 17.8 Å². The Kier molecular flexibility index (Phi) is 4.09. The zero-order valence-electron chi connectivity index (χ0n) is 9.98. The third kappa shape index (κ3) is 3.21. The molecule has 0 aliphatic rings. The molecule has 0 aliphatic heterocycles. The molecule has 1 rings (SSSR count). The Balaban J connectivity index is 2.79. The smallest absolute Gasteiger partial charge is 0.315 e. The first-order valence-corrected chi connectivity index (χ1v) is 5.14. The van der Waals surface area contributed by atoms with Crippen molar-refractivity contribution in [2.24, 2.45) is 5.92 Å². The Hall–Kier alpha value is -2.04. The van der Waals surface area contributed by atoms with Gasteiger partial charge in [0.25, 0.3) is 0 Å². The molecule has 1 aromatic rings. The number of carboxylic acid groups (broad SMARTS) is 1. The van der Waals surface area contributed by atoms with Gasteiger partial charge >= 0.3 is 5.97 Å². The van der Waals surface area contributed by atoms with E-state index in [4.69, 9.17) is 9.84 Å². The topological polar surface area (TPSA) is 75.6 Å². The van der Waals surface area contributed by atoms with E-state index in [1.54, 1.807) is 25.3 Å². The van der Waals surface area contributed by atoms with Crippen LogP contribution in [0.25, 0.3) is 0 Å². The quantitative estimate of drug-likeness (QED) is 0.781. The first kappa shape index (κ1) is 13.0. The van der Waals surface area contributed by atoms with Crippen LogP contribution in [0.4, 0.5) is 5.69 Å². The molecular formula is C12H15NO4. The second-order valence-corrected chi connectivity index (χ2v) is 3.73. The highest BCUT2D eigenvalue weighted by Crippen LogP contribution is 2.21. The summed E-state index contributed by atoms with van der Waals surface area (Å²) in [6, 6.07) is 5.11. The number of carboxylic acids is 1. The predicted molar refractivity (Wildman–Crippen MR) is 63.2 cm³/mol. The van der Waals surface area contributed by atoms with Crippen LogP contribution >= 0.6 is 0 Å². The normalized spacial score (nSPS) is 11.7. The van der Waals surface area contributed by atoms with E-state index in [1.165, 1.54) is 6.92 Å². The number of aliphatic carboxylic acids is 1. The van der Waals surface area contributed by atoms with Gasteiger partial charge in [-0.2, -0.15) is 0 Å². The lowest BCUT2D eigenvalue weighted by molar-refractivity contribution is -0.144. The van der Waals surface area contributed by atoms with Crippen LogP contribution in [0.5, 0.6) is 5.75 Å². The molecule has 1 unspecified atom stereocenters. The number of methoxy groups -OCH3 is 1. The molecule has 0 saturated carbocycles. The molecule has 0 heterocycles. The molecule has 0 bridgehead atoms. The zero-order valence-corrected chi connectivity index (χ0v) is 9.98. The van der Waals surface area contributed by atoms with E-state index in [9.17, 15) is 9.59 Å². The Morgan fingerprint density at radius 2 is 2.06 bits per heavy atom. The molecule has 0 saturated heterocycles. The second kappa shape index (κ2) is 5.34. The van der Waals surface area contributed by atoms with Gasteiger partial charge in [0.1, 0.15) is 11.7 Å². The fourth-order valence-corrected chi connectivity index (χ4v) is 1.32. The molecule has 5 nitrogen and oxygen atoms in total. The first-order chi connectivity index (χ1) is 7.95. The largest absolute Gasteiger partial charge is 0.496 e. The summed E-state index contributed by atoms with van der Waals surface area (Å²) in [4.78, 5) is 22.1. The van der Waals surface area contributed by atoms with E-state index >= 15 is 0 Å². The first-order valence-electron chi connectivity index (χ1n) is 5.14. The van der Waals surface area contributed by atoms with Crippen LogP contribution in [0, 0.1) is 12.8 Å². The molecule has 5 heteroatoms. The molecule has 1 amide bonds. The fourth-order valence-electron chi connectivity index (χ4n) is 1.32. The minimum Gasteiger partial charge on any atom is -0.496 e. The third-order valence-corrected chi connectivity index (χ3v) is 2.43. The number of carbonyl (C=O) groups is 2. The summed E-state index contributed by atoms with van der Waals surface area (Å²) in [6.45, 7) is 3.18. The Bertz CT molecular complexity index is 442. The third-order valence-electron chi connectivity index (χ3n) is 2.43. The minimum atomic E-state index is -1.15. The highest BCUT2D eigenvalue weighted by Gasteiger charge is 2.20. The van der Waals surface area contributed by atoms with E-state index in [-0.39, 0.29) is 0 Å². The Labute approximate surface area is 99.4 Å². The standard InChI is InChI=1S/C12H15NO4/c1-7-6-9(4-5-10(7)17-3)13-11(14)8(2)12(15)16/h4-6,8H,1-3H3,(H,13,14)(H,15,16). The number of carbonyl (C=O) groups excluding carboxylic acids is 1. The lowest BCUT2D eigenvalue weighted by atomic mass is 10.1. The minimum absolute atomic E-state index is 0.540. The number of anilines is 1. The Morgan fingerprint density at radius 3 is 2.53 bits per heavy atom. The van der Waals surface area contributed by atoms with Crippen LogP contribution in [0.2, 0.25) is 0 Å². The lowest BCUT2D eigenvalue weighted by Crippen LogP contribution is -2.26. The number of benzene rings is 1. The average molecular weight is 237 g/mol. The van der Waals surface area contributed by atoms with Gasteiger partial charge in [-0.05, 0) is 37.6 Å². The van der Waals surface area contributed by atoms with Crippen molar-refractivity contribution >= 4 is 17.6 Å². The molecule has 0 spiro atoms. The van der Waals surface area contributed by atoms with E-state index in [0.717, 1.165) is 5.56 Å². The zero-order chi connectivity index (χ0) is 13.0. The lowest BCUT2D eigenvalue weighted by Gasteiger charge is -2.10. The molecule has 0 radical (unpaired) electrons. The van der Waals surface area contributed by atoms with E-state index in [2.05, 4.69) is 5.32 Å². The molecular weight excluding hydrogens is 222 g/mol.